The molecule has 138 valence electrons. The van der Waals surface area contributed by atoms with Gasteiger partial charge in [-0.25, -0.2) is 4.79 Å². The van der Waals surface area contributed by atoms with Crippen molar-refractivity contribution in [3.8, 4) is 0 Å². The summed E-state index contributed by atoms with van der Waals surface area (Å²) in [6, 6.07) is 8.38. The van der Waals surface area contributed by atoms with E-state index in [9.17, 15) is 4.79 Å². The highest BCUT2D eigenvalue weighted by molar-refractivity contribution is 5.68. The lowest BCUT2D eigenvalue weighted by Gasteiger charge is -2.22. The zero-order valence-corrected chi connectivity index (χ0v) is 15.8. The zero-order chi connectivity index (χ0) is 18.1. The second-order valence-electron chi connectivity index (χ2n) is 7.80. The Balaban J connectivity index is 1.75. The lowest BCUT2D eigenvalue weighted by atomic mass is 9.89. The van der Waals surface area contributed by atoms with E-state index in [1.54, 1.807) is 0 Å². The fourth-order valence-corrected chi connectivity index (χ4v) is 3.06. The maximum atomic E-state index is 11.6. The van der Waals surface area contributed by atoms with Crippen LogP contribution in [0.15, 0.2) is 30.3 Å². The van der Waals surface area contributed by atoms with Gasteiger partial charge in [0, 0.05) is 18.8 Å². The Morgan fingerprint density at radius 1 is 1.24 bits per heavy atom. The predicted octanol–water partition coefficient (Wildman–Crippen LogP) is 5.22. The molecule has 1 saturated carbocycles. The summed E-state index contributed by atoms with van der Waals surface area (Å²) in [6.07, 6.45) is 10.4. The molecule has 0 radical (unpaired) electrons. The summed E-state index contributed by atoms with van der Waals surface area (Å²) < 4.78 is 5.20. The molecule has 4 heteroatoms. The fourth-order valence-electron chi connectivity index (χ4n) is 3.06. The summed E-state index contributed by atoms with van der Waals surface area (Å²) >= 11 is 0. The van der Waals surface area contributed by atoms with E-state index in [4.69, 9.17) is 4.74 Å². The molecular formula is C21H32N2O2. The van der Waals surface area contributed by atoms with Gasteiger partial charge >= 0.3 is 6.09 Å². The highest BCUT2D eigenvalue weighted by Crippen LogP contribution is 2.24. The molecule has 0 atom stereocenters. The summed E-state index contributed by atoms with van der Waals surface area (Å²) in [5.41, 5.74) is 1.82. The summed E-state index contributed by atoms with van der Waals surface area (Å²) in [4.78, 5) is 11.6. The second-order valence-corrected chi connectivity index (χ2v) is 7.80. The lowest BCUT2D eigenvalue weighted by molar-refractivity contribution is 0.0534. The number of hydrogen-bond donors (Lipinski definition) is 2. The van der Waals surface area contributed by atoms with E-state index in [-0.39, 0.29) is 6.09 Å². The van der Waals surface area contributed by atoms with Crippen molar-refractivity contribution in [1.29, 1.82) is 0 Å². The molecule has 0 spiro atoms. The first-order valence-corrected chi connectivity index (χ1v) is 9.40. The molecule has 1 amide bonds. The van der Waals surface area contributed by atoms with Gasteiger partial charge in [0.1, 0.15) is 5.60 Å². The van der Waals surface area contributed by atoms with Crippen LogP contribution in [0.1, 0.15) is 58.4 Å². The Hall–Kier alpha value is -1.97. The largest absolute Gasteiger partial charge is 0.444 e. The molecule has 1 aliphatic rings. The minimum absolute atomic E-state index is 0.389. The number of alkyl carbamates (subject to hydrolysis) is 1. The van der Waals surface area contributed by atoms with Crippen molar-refractivity contribution in [3.05, 3.63) is 35.9 Å². The highest BCUT2D eigenvalue weighted by atomic mass is 16.6. The molecule has 25 heavy (non-hydrogen) atoms. The van der Waals surface area contributed by atoms with Crippen molar-refractivity contribution >= 4 is 17.9 Å². The Bertz CT molecular complexity index is 570. The number of ether oxygens (including phenoxy) is 1. The van der Waals surface area contributed by atoms with Crippen LogP contribution in [-0.2, 0) is 4.74 Å². The van der Waals surface area contributed by atoms with Gasteiger partial charge in [0.05, 0.1) is 0 Å². The molecule has 2 rings (SSSR count). The number of anilines is 1. The zero-order valence-electron chi connectivity index (χ0n) is 15.8. The Labute approximate surface area is 152 Å². The van der Waals surface area contributed by atoms with E-state index < -0.39 is 5.60 Å². The van der Waals surface area contributed by atoms with Gasteiger partial charge in [-0.3, -0.25) is 0 Å². The van der Waals surface area contributed by atoms with E-state index in [2.05, 4.69) is 34.9 Å². The molecule has 0 aliphatic heterocycles. The number of rotatable bonds is 6. The Kier molecular flexibility index (Phi) is 7.35. The van der Waals surface area contributed by atoms with Crippen molar-refractivity contribution in [1.82, 2.24) is 5.32 Å². The van der Waals surface area contributed by atoms with Crippen molar-refractivity contribution in [3.63, 3.8) is 0 Å². The van der Waals surface area contributed by atoms with Crippen LogP contribution < -0.4 is 10.6 Å². The number of carbonyl (C=O) groups is 1. The number of amides is 1. The number of benzene rings is 1. The summed E-state index contributed by atoms with van der Waals surface area (Å²) in [6.45, 7) is 7.08. The molecule has 0 saturated heterocycles. The van der Waals surface area contributed by atoms with Crippen LogP contribution in [0.5, 0.6) is 0 Å². The molecule has 0 unspecified atom stereocenters. The molecule has 0 heterocycles. The first kappa shape index (κ1) is 19.4. The average molecular weight is 344 g/mol. The summed E-state index contributed by atoms with van der Waals surface area (Å²) in [5.74, 6) is 0.811. The first-order valence-electron chi connectivity index (χ1n) is 9.40. The quantitative estimate of drug-likeness (QED) is 0.744. The molecule has 1 aliphatic carbocycles. The van der Waals surface area contributed by atoms with Crippen molar-refractivity contribution in [2.45, 2.75) is 58.5 Å². The minimum atomic E-state index is -0.466. The van der Waals surface area contributed by atoms with Crippen molar-refractivity contribution < 1.29 is 9.53 Å². The SMILES string of the molecule is CC(C)(C)OC(=O)NCC=Cc1cccc(NCC2CCCCC2)c1. The Morgan fingerprint density at radius 3 is 2.72 bits per heavy atom. The van der Waals surface area contributed by atoms with Gasteiger partial charge in [0.2, 0.25) is 0 Å². The van der Waals surface area contributed by atoms with Gasteiger partial charge in [-0.1, -0.05) is 43.5 Å². The maximum absolute atomic E-state index is 11.6. The van der Waals surface area contributed by atoms with E-state index in [0.717, 1.165) is 23.7 Å². The molecule has 4 nitrogen and oxygen atoms in total. The third-order valence-electron chi connectivity index (χ3n) is 4.28. The molecule has 0 bridgehead atoms. The van der Waals surface area contributed by atoms with E-state index >= 15 is 0 Å². The topological polar surface area (TPSA) is 50.4 Å². The highest BCUT2D eigenvalue weighted by Gasteiger charge is 2.15. The van der Waals surface area contributed by atoms with Crippen LogP contribution in [0, 0.1) is 5.92 Å². The van der Waals surface area contributed by atoms with Crippen LogP contribution in [0.3, 0.4) is 0 Å². The normalized spacial score (nSPS) is 16.0. The van der Waals surface area contributed by atoms with Crippen molar-refractivity contribution in [2.24, 2.45) is 5.92 Å². The molecule has 2 N–H and O–H groups in total. The summed E-state index contributed by atoms with van der Waals surface area (Å²) in [5, 5.41) is 6.29. The van der Waals surface area contributed by atoms with Gasteiger partial charge < -0.3 is 15.4 Å². The minimum Gasteiger partial charge on any atom is -0.444 e. The predicted molar refractivity (Wildman–Crippen MR) is 105 cm³/mol. The van der Waals surface area contributed by atoms with Gasteiger partial charge in [0.15, 0.2) is 0 Å². The number of nitrogens with one attached hydrogen (secondary N) is 2. The van der Waals surface area contributed by atoms with Gasteiger partial charge in [-0.2, -0.15) is 0 Å². The lowest BCUT2D eigenvalue weighted by Crippen LogP contribution is -2.32. The van der Waals surface area contributed by atoms with Crippen LogP contribution in [0.25, 0.3) is 6.08 Å². The summed E-state index contributed by atoms with van der Waals surface area (Å²) in [7, 11) is 0. The molecular weight excluding hydrogens is 312 g/mol. The van der Waals surface area contributed by atoms with Gasteiger partial charge in [-0.05, 0) is 57.2 Å². The maximum Gasteiger partial charge on any atom is 0.407 e. The standard InChI is InChI=1S/C21H32N2O2/c1-21(2,3)25-20(24)22-14-8-12-17-11-7-13-19(15-17)23-16-18-9-5-4-6-10-18/h7-8,11-13,15,18,23H,4-6,9-10,14,16H2,1-3H3,(H,22,24). The molecule has 1 aromatic rings. The average Bonchev–Trinajstić information content (AvgIpc) is 2.57. The van der Waals surface area contributed by atoms with Gasteiger partial charge in [-0.15, -0.1) is 0 Å². The Morgan fingerprint density at radius 2 is 2.00 bits per heavy atom. The molecule has 1 fully saturated rings. The van der Waals surface area contributed by atoms with E-state index in [1.165, 1.54) is 32.1 Å². The van der Waals surface area contributed by atoms with Crippen LogP contribution in [0.2, 0.25) is 0 Å². The van der Waals surface area contributed by atoms with E-state index in [0.29, 0.717) is 6.54 Å². The third-order valence-corrected chi connectivity index (χ3v) is 4.28. The first-order chi connectivity index (χ1) is 11.9. The fraction of sp³-hybridized carbons (Fsp3) is 0.571. The molecule has 1 aromatic carbocycles. The smallest absolute Gasteiger partial charge is 0.407 e. The third kappa shape index (κ3) is 8.10. The molecule has 0 aromatic heterocycles. The van der Waals surface area contributed by atoms with Crippen LogP contribution in [-0.4, -0.2) is 24.8 Å². The van der Waals surface area contributed by atoms with Crippen LogP contribution >= 0.6 is 0 Å². The monoisotopic (exact) mass is 344 g/mol. The van der Waals surface area contributed by atoms with Crippen molar-refractivity contribution in [2.75, 3.05) is 18.4 Å². The number of carbonyl (C=O) groups excluding carboxylic acids is 1. The number of hydrogen-bond acceptors (Lipinski definition) is 3. The second kappa shape index (κ2) is 9.50. The van der Waals surface area contributed by atoms with Crippen LogP contribution in [0.4, 0.5) is 10.5 Å². The van der Waals surface area contributed by atoms with Gasteiger partial charge in [0.25, 0.3) is 0 Å². The van der Waals surface area contributed by atoms with E-state index in [1.807, 2.05) is 32.9 Å².